The second kappa shape index (κ2) is 7.07. The lowest BCUT2D eigenvalue weighted by Gasteiger charge is -2.21. The minimum atomic E-state index is 0.152. The van der Waals surface area contributed by atoms with Crippen molar-refractivity contribution in [3.05, 3.63) is 48.0 Å². The van der Waals surface area contributed by atoms with E-state index in [-0.39, 0.29) is 5.75 Å². The van der Waals surface area contributed by atoms with Gasteiger partial charge < -0.3 is 20.1 Å². The Morgan fingerprint density at radius 2 is 1.77 bits per heavy atom. The predicted molar refractivity (Wildman–Crippen MR) is 103 cm³/mol. The van der Waals surface area contributed by atoms with E-state index < -0.39 is 0 Å². The zero-order valence-electron chi connectivity index (χ0n) is 14.8. The highest BCUT2D eigenvalue weighted by atomic mass is 16.5. The summed E-state index contributed by atoms with van der Waals surface area (Å²) in [6, 6.07) is 13.4. The monoisotopic (exact) mass is 350 g/mol. The van der Waals surface area contributed by atoms with Crippen LogP contribution in [0.25, 0.3) is 11.0 Å². The van der Waals surface area contributed by atoms with Gasteiger partial charge in [-0.15, -0.1) is 0 Å². The molecule has 0 spiro atoms. The van der Waals surface area contributed by atoms with Gasteiger partial charge in [0.05, 0.1) is 18.1 Å². The number of methoxy groups -OCH3 is 1. The average Bonchev–Trinajstić information content (AvgIpc) is 3.21. The highest BCUT2D eigenvalue weighted by molar-refractivity contribution is 5.80. The highest BCUT2D eigenvalue weighted by Crippen LogP contribution is 2.32. The number of hydrogen-bond donors (Lipinski definition) is 2. The largest absolute Gasteiger partial charge is 0.504 e. The summed E-state index contributed by atoms with van der Waals surface area (Å²) in [6.07, 6.45) is 2.34. The summed E-state index contributed by atoms with van der Waals surface area (Å²) in [5.41, 5.74) is 2.50. The number of benzene rings is 2. The van der Waals surface area contributed by atoms with Crippen molar-refractivity contribution < 1.29 is 9.84 Å². The minimum absolute atomic E-state index is 0.152. The molecule has 0 aliphatic carbocycles. The molecule has 2 N–H and O–H groups in total. The standard InChI is InChI=1S/C20H22N4O2/c1-26-17-10-6-7-14(18(17)25)13-21-19-20(24-11-4-5-12-24)23-16-9-3-2-8-15(16)22-19/h2-3,6-10,25H,4-5,11-13H2,1H3,(H,21,22). The third-order valence-corrected chi connectivity index (χ3v) is 4.71. The van der Waals surface area contributed by atoms with Gasteiger partial charge in [-0.05, 0) is 31.0 Å². The zero-order valence-corrected chi connectivity index (χ0v) is 14.8. The van der Waals surface area contributed by atoms with Crippen LogP contribution in [-0.4, -0.2) is 35.3 Å². The number of aromatic nitrogens is 2. The summed E-state index contributed by atoms with van der Waals surface area (Å²) < 4.78 is 5.19. The molecule has 1 aromatic heterocycles. The van der Waals surface area contributed by atoms with Crippen LogP contribution < -0.4 is 15.0 Å². The zero-order chi connectivity index (χ0) is 17.9. The fraction of sp³-hybridized carbons (Fsp3) is 0.300. The number of phenols is 1. The maximum absolute atomic E-state index is 10.3. The van der Waals surface area contributed by atoms with Crippen molar-refractivity contribution in [2.45, 2.75) is 19.4 Å². The van der Waals surface area contributed by atoms with Crippen molar-refractivity contribution >= 4 is 22.7 Å². The minimum Gasteiger partial charge on any atom is -0.504 e. The van der Waals surface area contributed by atoms with E-state index in [0.717, 1.165) is 41.3 Å². The van der Waals surface area contributed by atoms with Crippen LogP contribution in [0.4, 0.5) is 11.6 Å². The summed E-state index contributed by atoms with van der Waals surface area (Å²) in [4.78, 5) is 11.9. The van der Waals surface area contributed by atoms with Crippen molar-refractivity contribution in [1.29, 1.82) is 0 Å². The Bertz CT molecular complexity index is 923. The Labute approximate surface area is 152 Å². The summed E-state index contributed by atoms with van der Waals surface area (Å²) in [5, 5.41) is 13.7. The van der Waals surface area contributed by atoms with Crippen molar-refractivity contribution in [2.75, 3.05) is 30.4 Å². The molecule has 6 nitrogen and oxygen atoms in total. The van der Waals surface area contributed by atoms with E-state index in [1.54, 1.807) is 13.2 Å². The molecule has 4 rings (SSSR count). The third kappa shape index (κ3) is 3.10. The maximum atomic E-state index is 10.3. The second-order valence-electron chi connectivity index (χ2n) is 6.40. The van der Waals surface area contributed by atoms with E-state index in [1.807, 2.05) is 36.4 Å². The fourth-order valence-electron chi connectivity index (χ4n) is 3.31. The van der Waals surface area contributed by atoms with Crippen LogP contribution in [0.15, 0.2) is 42.5 Å². The second-order valence-corrected chi connectivity index (χ2v) is 6.40. The number of rotatable bonds is 5. The molecule has 0 atom stereocenters. The van der Waals surface area contributed by atoms with Gasteiger partial charge in [0.15, 0.2) is 23.1 Å². The van der Waals surface area contributed by atoms with Gasteiger partial charge in [-0.2, -0.15) is 0 Å². The lowest BCUT2D eigenvalue weighted by Crippen LogP contribution is -2.21. The Kier molecular flexibility index (Phi) is 4.48. The summed E-state index contributed by atoms with van der Waals surface area (Å²) in [7, 11) is 1.55. The first-order valence-corrected chi connectivity index (χ1v) is 8.86. The Morgan fingerprint density at radius 1 is 1.04 bits per heavy atom. The van der Waals surface area contributed by atoms with Gasteiger partial charge in [-0.3, -0.25) is 0 Å². The molecule has 1 aliphatic heterocycles. The number of phenolic OH excluding ortho intramolecular Hbond substituents is 1. The average molecular weight is 350 g/mol. The molecule has 0 bridgehead atoms. The van der Waals surface area contributed by atoms with Crippen LogP contribution in [0, 0.1) is 0 Å². The number of para-hydroxylation sites is 3. The fourth-order valence-corrected chi connectivity index (χ4v) is 3.31. The summed E-state index contributed by atoms with van der Waals surface area (Å²) in [6.45, 7) is 2.43. The van der Waals surface area contributed by atoms with Gasteiger partial charge >= 0.3 is 0 Å². The molecule has 0 unspecified atom stereocenters. The van der Waals surface area contributed by atoms with Crippen molar-refractivity contribution in [2.24, 2.45) is 0 Å². The molecule has 0 radical (unpaired) electrons. The van der Waals surface area contributed by atoms with E-state index in [4.69, 9.17) is 14.7 Å². The van der Waals surface area contributed by atoms with Gasteiger partial charge in [0.2, 0.25) is 0 Å². The van der Waals surface area contributed by atoms with E-state index in [0.29, 0.717) is 12.3 Å². The number of ether oxygens (including phenoxy) is 1. The quantitative estimate of drug-likeness (QED) is 0.733. The molecule has 3 aromatic rings. The molecule has 0 saturated carbocycles. The predicted octanol–water partition coefficient (Wildman–Crippen LogP) is 3.56. The number of nitrogens with zero attached hydrogens (tertiary/aromatic N) is 3. The van der Waals surface area contributed by atoms with Crippen LogP contribution in [0.1, 0.15) is 18.4 Å². The number of fused-ring (bicyclic) bond motifs is 1. The van der Waals surface area contributed by atoms with E-state index in [9.17, 15) is 5.11 Å². The smallest absolute Gasteiger partial charge is 0.172 e. The maximum Gasteiger partial charge on any atom is 0.172 e. The lowest BCUT2D eigenvalue weighted by molar-refractivity contribution is 0.371. The summed E-state index contributed by atoms with van der Waals surface area (Å²) >= 11 is 0. The molecule has 6 heteroatoms. The molecular formula is C20H22N4O2. The number of aromatic hydroxyl groups is 1. The molecule has 1 aliphatic rings. The van der Waals surface area contributed by atoms with Crippen LogP contribution in [-0.2, 0) is 6.54 Å². The van der Waals surface area contributed by atoms with Crippen LogP contribution in [0.2, 0.25) is 0 Å². The van der Waals surface area contributed by atoms with E-state index >= 15 is 0 Å². The SMILES string of the molecule is COc1cccc(CNc2nc3ccccc3nc2N2CCCC2)c1O. The first-order valence-electron chi connectivity index (χ1n) is 8.86. The normalized spacial score (nSPS) is 14.0. The van der Waals surface area contributed by atoms with Crippen molar-refractivity contribution in [1.82, 2.24) is 9.97 Å². The summed E-state index contributed by atoms with van der Waals surface area (Å²) in [5.74, 6) is 2.24. The third-order valence-electron chi connectivity index (χ3n) is 4.71. The van der Waals surface area contributed by atoms with Crippen LogP contribution in [0.5, 0.6) is 11.5 Å². The number of anilines is 2. The van der Waals surface area contributed by atoms with Crippen LogP contribution >= 0.6 is 0 Å². The first kappa shape index (κ1) is 16.4. The topological polar surface area (TPSA) is 70.5 Å². The molecule has 26 heavy (non-hydrogen) atoms. The Morgan fingerprint density at radius 3 is 2.50 bits per heavy atom. The van der Waals surface area contributed by atoms with Gasteiger partial charge in [0.25, 0.3) is 0 Å². The van der Waals surface area contributed by atoms with E-state index in [2.05, 4.69) is 10.2 Å². The Balaban J connectivity index is 1.67. The Hall–Kier alpha value is -3.02. The van der Waals surface area contributed by atoms with Crippen molar-refractivity contribution in [3.63, 3.8) is 0 Å². The van der Waals surface area contributed by atoms with Gasteiger partial charge in [-0.25, -0.2) is 9.97 Å². The van der Waals surface area contributed by atoms with Crippen LogP contribution in [0.3, 0.4) is 0 Å². The highest BCUT2D eigenvalue weighted by Gasteiger charge is 2.19. The van der Waals surface area contributed by atoms with Gasteiger partial charge in [0, 0.05) is 25.2 Å². The molecule has 2 aromatic carbocycles. The van der Waals surface area contributed by atoms with Gasteiger partial charge in [-0.1, -0.05) is 24.3 Å². The molecule has 0 amide bonds. The molecule has 2 heterocycles. The molecule has 1 fully saturated rings. The molecule has 134 valence electrons. The molecular weight excluding hydrogens is 328 g/mol. The number of nitrogens with one attached hydrogen (secondary N) is 1. The molecule has 1 saturated heterocycles. The number of hydrogen-bond acceptors (Lipinski definition) is 6. The van der Waals surface area contributed by atoms with E-state index in [1.165, 1.54) is 12.8 Å². The lowest BCUT2D eigenvalue weighted by atomic mass is 10.2. The first-order chi connectivity index (χ1) is 12.8. The van der Waals surface area contributed by atoms with Gasteiger partial charge in [0.1, 0.15) is 0 Å². The van der Waals surface area contributed by atoms with Crippen molar-refractivity contribution in [3.8, 4) is 11.5 Å².